The Morgan fingerprint density at radius 2 is 1.52 bits per heavy atom. The highest BCUT2D eigenvalue weighted by Crippen LogP contribution is 2.06. The number of nitrogens with two attached hydrogens (primary N) is 3. The van der Waals surface area contributed by atoms with E-state index in [2.05, 4.69) is 28.6 Å². The van der Waals surface area contributed by atoms with Gasteiger partial charge in [-0.15, -0.1) is 0 Å². The number of hydrogen-bond acceptors (Lipinski definition) is 8. The van der Waals surface area contributed by atoms with Crippen molar-refractivity contribution in [3.8, 4) is 0 Å². The minimum absolute atomic E-state index is 0.203. The molecule has 4 atom stereocenters. The van der Waals surface area contributed by atoms with Gasteiger partial charge in [-0.25, -0.2) is 4.79 Å². The molecule has 12 nitrogen and oxygen atoms in total. The van der Waals surface area contributed by atoms with Crippen molar-refractivity contribution in [2.45, 2.75) is 63.7 Å². The van der Waals surface area contributed by atoms with Crippen LogP contribution in [0.2, 0.25) is 0 Å². The van der Waals surface area contributed by atoms with Gasteiger partial charge in [-0.05, 0) is 25.3 Å². The number of aliphatic carboxylic acids is 1. The fourth-order valence-corrected chi connectivity index (χ4v) is 2.81. The Kier molecular flexibility index (Phi) is 13.5. The third-order valence-corrected chi connectivity index (χ3v) is 4.75. The molecule has 0 aromatic rings. The lowest BCUT2D eigenvalue weighted by atomic mass is 10.0. The fourth-order valence-electron chi connectivity index (χ4n) is 2.56. The quantitative estimate of drug-likeness (QED) is 0.0953. The van der Waals surface area contributed by atoms with E-state index in [0.717, 1.165) is 0 Å². The molecule has 0 radical (unpaired) electrons. The highest BCUT2D eigenvalue weighted by atomic mass is 32.1. The lowest BCUT2D eigenvalue weighted by molar-refractivity contribution is -0.141. The Morgan fingerprint density at radius 3 is 1.97 bits per heavy atom. The molecule has 0 spiro atoms. The van der Waals surface area contributed by atoms with Gasteiger partial charge in [0.2, 0.25) is 23.6 Å². The van der Waals surface area contributed by atoms with Crippen LogP contribution in [0.4, 0.5) is 0 Å². The van der Waals surface area contributed by atoms with E-state index in [0.29, 0.717) is 25.8 Å². The van der Waals surface area contributed by atoms with Gasteiger partial charge in [0.25, 0.3) is 0 Å². The summed E-state index contributed by atoms with van der Waals surface area (Å²) >= 11 is 3.84. The predicted molar refractivity (Wildman–Crippen MR) is 117 cm³/mol. The van der Waals surface area contributed by atoms with Crippen LogP contribution in [-0.2, 0) is 24.0 Å². The molecule has 0 aliphatic heterocycles. The summed E-state index contributed by atoms with van der Waals surface area (Å²) in [7, 11) is 0. The predicted octanol–water partition coefficient (Wildman–Crippen LogP) is -2.56. The van der Waals surface area contributed by atoms with Gasteiger partial charge < -0.3 is 38.3 Å². The van der Waals surface area contributed by atoms with E-state index in [-0.39, 0.29) is 11.7 Å². The van der Waals surface area contributed by atoms with E-state index in [9.17, 15) is 24.0 Å². The Morgan fingerprint density at radius 1 is 0.935 bits per heavy atom. The third-order valence-electron chi connectivity index (χ3n) is 4.39. The van der Waals surface area contributed by atoms with Crippen LogP contribution in [0.3, 0.4) is 0 Å². The normalized spacial score (nSPS) is 14.8. The number of amides is 4. The zero-order valence-electron chi connectivity index (χ0n) is 17.8. The first-order chi connectivity index (χ1) is 14.4. The topological polar surface area (TPSA) is 220 Å². The average molecular weight is 463 g/mol. The molecule has 0 aliphatic carbocycles. The molecule has 178 valence electrons. The zero-order chi connectivity index (χ0) is 24.1. The summed E-state index contributed by atoms with van der Waals surface area (Å²) in [5.74, 6) is -4.99. The molecule has 13 heteroatoms. The number of carbonyl (C=O) groups is 5. The molecule has 0 saturated heterocycles. The molecule has 0 aromatic heterocycles. The van der Waals surface area contributed by atoms with E-state index in [1.807, 2.05) is 0 Å². The maximum atomic E-state index is 12.7. The molecule has 0 saturated carbocycles. The highest BCUT2D eigenvalue weighted by Gasteiger charge is 2.32. The van der Waals surface area contributed by atoms with Crippen LogP contribution in [0, 0.1) is 5.92 Å². The summed E-state index contributed by atoms with van der Waals surface area (Å²) < 4.78 is 0. The Bertz CT molecular complexity index is 647. The van der Waals surface area contributed by atoms with Gasteiger partial charge in [-0.3, -0.25) is 19.2 Å². The summed E-state index contributed by atoms with van der Waals surface area (Å²) in [5.41, 5.74) is 16.4. The lowest BCUT2D eigenvalue weighted by Gasteiger charge is -2.26. The van der Waals surface area contributed by atoms with E-state index in [1.165, 1.54) is 0 Å². The smallest absolute Gasteiger partial charge is 0.327 e. The van der Waals surface area contributed by atoms with Crippen molar-refractivity contribution in [2.24, 2.45) is 23.1 Å². The number of carboxylic acid groups (broad SMARTS) is 1. The monoisotopic (exact) mass is 462 g/mol. The van der Waals surface area contributed by atoms with Gasteiger partial charge in [0.05, 0.1) is 12.5 Å². The number of hydrogen-bond donors (Lipinski definition) is 8. The van der Waals surface area contributed by atoms with E-state index >= 15 is 0 Å². The summed E-state index contributed by atoms with van der Waals surface area (Å²) in [6.07, 6.45) is 1.19. The van der Waals surface area contributed by atoms with Crippen molar-refractivity contribution >= 4 is 42.2 Å². The number of nitrogens with one attached hydrogen (secondary N) is 3. The summed E-state index contributed by atoms with van der Waals surface area (Å²) in [5, 5.41) is 16.1. The van der Waals surface area contributed by atoms with Gasteiger partial charge in [-0.1, -0.05) is 20.3 Å². The minimum atomic E-state index is -1.43. The Balaban J connectivity index is 5.26. The average Bonchev–Trinajstić information content (AvgIpc) is 2.68. The molecular formula is C18H34N6O6S. The second-order valence-corrected chi connectivity index (χ2v) is 7.80. The molecule has 31 heavy (non-hydrogen) atoms. The van der Waals surface area contributed by atoms with Crippen molar-refractivity contribution < 1.29 is 29.1 Å². The first-order valence-electron chi connectivity index (χ1n) is 9.93. The lowest BCUT2D eigenvalue weighted by Crippen LogP contribution is -2.59. The summed E-state index contributed by atoms with van der Waals surface area (Å²) in [4.78, 5) is 59.9. The number of carboxylic acids is 1. The Labute approximate surface area is 186 Å². The second kappa shape index (κ2) is 14.6. The number of rotatable bonds is 15. The van der Waals surface area contributed by atoms with Crippen molar-refractivity contribution in [3.05, 3.63) is 0 Å². The number of unbranched alkanes of at least 4 members (excludes halogenated alkanes) is 1. The maximum Gasteiger partial charge on any atom is 0.327 e. The Hall–Kier alpha value is -2.38. The standard InChI is InChI=1S/C18H34N6O6S/c1-9(2)14(24-15(26)10(20)5-3-4-6-19)17(28)22-11(7-13(21)25)16(27)23-12(8-31)18(29)30/h9-12,14,31H,3-8,19-20H2,1-2H3,(H2,21,25)(H,22,28)(H,23,27)(H,24,26)(H,29,30). The van der Waals surface area contributed by atoms with Crippen LogP contribution >= 0.6 is 12.6 Å². The first kappa shape index (κ1) is 28.6. The van der Waals surface area contributed by atoms with Crippen LogP contribution in [0.15, 0.2) is 0 Å². The van der Waals surface area contributed by atoms with Gasteiger partial charge >= 0.3 is 5.97 Å². The van der Waals surface area contributed by atoms with Crippen molar-refractivity contribution in [1.82, 2.24) is 16.0 Å². The van der Waals surface area contributed by atoms with Crippen LogP contribution < -0.4 is 33.2 Å². The van der Waals surface area contributed by atoms with Crippen molar-refractivity contribution in [1.29, 1.82) is 0 Å². The molecular weight excluding hydrogens is 428 g/mol. The molecule has 0 fully saturated rings. The zero-order valence-corrected chi connectivity index (χ0v) is 18.7. The minimum Gasteiger partial charge on any atom is -0.480 e. The van der Waals surface area contributed by atoms with E-state index in [1.54, 1.807) is 13.8 Å². The van der Waals surface area contributed by atoms with Crippen molar-refractivity contribution in [3.63, 3.8) is 0 Å². The molecule has 0 aliphatic rings. The van der Waals surface area contributed by atoms with E-state index in [4.69, 9.17) is 22.3 Å². The van der Waals surface area contributed by atoms with Gasteiger partial charge in [0, 0.05) is 5.75 Å². The van der Waals surface area contributed by atoms with Crippen LogP contribution in [0.5, 0.6) is 0 Å². The first-order valence-corrected chi connectivity index (χ1v) is 10.6. The van der Waals surface area contributed by atoms with Crippen LogP contribution in [-0.4, -0.2) is 71.2 Å². The highest BCUT2D eigenvalue weighted by molar-refractivity contribution is 7.80. The molecule has 4 unspecified atom stereocenters. The maximum absolute atomic E-state index is 12.7. The van der Waals surface area contributed by atoms with E-state index < -0.39 is 60.2 Å². The van der Waals surface area contributed by atoms with Crippen molar-refractivity contribution in [2.75, 3.05) is 12.3 Å². The number of thiol groups is 1. The van der Waals surface area contributed by atoms with Crippen LogP contribution in [0.1, 0.15) is 39.5 Å². The third kappa shape index (κ3) is 11.0. The number of primary amides is 1. The second-order valence-electron chi connectivity index (χ2n) is 7.43. The molecule has 10 N–H and O–H groups in total. The molecule has 0 heterocycles. The fraction of sp³-hybridized carbons (Fsp3) is 0.722. The SMILES string of the molecule is CC(C)C(NC(=O)C(N)CCCCN)C(=O)NC(CC(N)=O)C(=O)NC(CS)C(=O)O. The summed E-state index contributed by atoms with van der Waals surface area (Å²) in [6.45, 7) is 3.83. The van der Waals surface area contributed by atoms with Gasteiger partial charge in [-0.2, -0.15) is 12.6 Å². The molecule has 0 rings (SSSR count). The molecule has 0 aromatic carbocycles. The van der Waals surface area contributed by atoms with Gasteiger partial charge in [0.15, 0.2) is 0 Å². The largest absolute Gasteiger partial charge is 0.480 e. The summed E-state index contributed by atoms with van der Waals surface area (Å²) in [6, 6.07) is -4.63. The number of carbonyl (C=O) groups excluding carboxylic acids is 4. The molecule has 0 bridgehead atoms. The van der Waals surface area contributed by atoms with Crippen LogP contribution in [0.25, 0.3) is 0 Å². The van der Waals surface area contributed by atoms with Gasteiger partial charge in [0.1, 0.15) is 18.1 Å². The molecule has 4 amide bonds.